The summed E-state index contributed by atoms with van der Waals surface area (Å²) in [5.74, 6) is -0.326. The number of rotatable bonds is 10. The number of benzene rings is 2. The fourth-order valence-corrected chi connectivity index (χ4v) is 5.24. The summed E-state index contributed by atoms with van der Waals surface area (Å²) in [6.07, 6.45) is 3.68. The van der Waals surface area contributed by atoms with Crippen LogP contribution in [0.25, 0.3) is 10.9 Å². The molecule has 0 atom stereocenters. The summed E-state index contributed by atoms with van der Waals surface area (Å²) in [5, 5.41) is 13.3. The number of aryl methyl sites for hydroxylation is 1. The minimum Gasteiger partial charge on any atom is -0.460 e. The van der Waals surface area contributed by atoms with Gasteiger partial charge in [0, 0.05) is 31.7 Å². The number of ether oxygens (including phenoxy) is 1. The lowest BCUT2D eigenvalue weighted by Crippen LogP contribution is -2.34. The monoisotopic (exact) mass is 552 g/mol. The van der Waals surface area contributed by atoms with Crippen LogP contribution in [0.5, 0.6) is 0 Å². The summed E-state index contributed by atoms with van der Waals surface area (Å²) in [4.78, 5) is 29.5. The van der Waals surface area contributed by atoms with Crippen molar-refractivity contribution in [3.8, 4) is 6.07 Å². The van der Waals surface area contributed by atoms with Gasteiger partial charge in [-0.1, -0.05) is 6.07 Å². The van der Waals surface area contributed by atoms with E-state index in [0.717, 1.165) is 12.8 Å². The molecule has 1 heterocycles. The average Bonchev–Trinajstić information content (AvgIpc) is 3.70. The van der Waals surface area contributed by atoms with Crippen LogP contribution in [-0.2, 0) is 26.3 Å². The lowest BCUT2D eigenvalue weighted by molar-refractivity contribution is -0.154. The summed E-state index contributed by atoms with van der Waals surface area (Å²) >= 11 is 0. The predicted molar refractivity (Wildman–Crippen MR) is 149 cm³/mol. The largest absolute Gasteiger partial charge is 0.460 e. The number of hydrogen-bond acceptors (Lipinski definition) is 8. The van der Waals surface area contributed by atoms with Crippen LogP contribution in [0, 0.1) is 11.3 Å². The third kappa shape index (κ3) is 6.93. The van der Waals surface area contributed by atoms with E-state index in [4.69, 9.17) is 4.74 Å². The SMILES string of the molecule is CN(C1CC1)S(=O)(=O)Nc1cccc(Nc2ccc3ncn(CCCC(=O)OC(C)(C)C)c(=O)c3c2)c1C#N. The van der Waals surface area contributed by atoms with Crippen LogP contribution in [-0.4, -0.2) is 46.9 Å². The quantitative estimate of drug-likeness (QED) is 0.360. The maximum Gasteiger partial charge on any atom is 0.306 e. The maximum atomic E-state index is 13.1. The molecule has 4 rings (SSSR count). The third-order valence-electron chi connectivity index (χ3n) is 6.16. The zero-order valence-electron chi connectivity index (χ0n) is 22.4. The molecule has 0 saturated heterocycles. The van der Waals surface area contributed by atoms with E-state index in [1.54, 1.807) is 51.1 Å². The first-order chi connectivity index (χ1) is 18.4. The number of carbonyl (C=O) groups excluding carboxylic acids is 1. The molecule has 0 amide bonds. The molecule has 0 bridgehead atoms. The van der Waals surface area contributed by atoms with E-state index in [9.17, 15) is 23.3 Å². The molecule has 2 N–H and O–H groups in total. The van der Waals surface area contributed by atoms with Crippen LogP contribution in [0.1, 0.15) is 52.0 Å². The number of fused-ring (bicyclic) bond motifs is 1. The number of esters is 1. The highest BCUT2D eigenvalue weighted by Gasteiger charge is 2.34. The van der Waals surface area contributed by atoms with Crippen LogP contribution in [0.2, 0.25) is 0 Å². The van der Waals surface area contributed by atoms with Crippen molar-refractivity contribution in [2.45, 2.75) is 64.6 Å². The van der Waals surface area contributed by atoms with E-state index in [0.29, 0.717) is 35.2 Å². The lowest BCUT2D eigenvalue weighted by Gasteiger charge is -2.19. The normalized spacial score (nSPS) is 13.7. The zero-order valence-corrected chi connectivity index (χ0v) is 23.2. The van der Waals surface area contributed by atoms with Gasteiger partial charge in [-0.05, 0) is 70.4 Å². The van der Waals surface area contributed by atoms with Gasteiger partial charge in [0.05, 0.1) is 34.2 Å². The van der Waals surface area contributed by atoms with Crippen LogP contribution in [0.3, 0.4) is 0 Å². The second kappa shape index (κ2) is 11.0. The molecule has 39 heavy (non-hydrogen) atoms. The molecule has 3 aromatic rings. The van der Waals surface area contributed by atoms with Crippen molar-refractivity contribution in [1.82, 2.24) is 13.9 Å². The standard InChI is InChI=1S/C27H32N6O5S/c1-27(2,3)38-25(34)9-6-14-33-17-29-22-13-10-18(15-20(22)26(33)35)30-23-7-5-8-24(21(23)16-28)31-39(36,37)32(4)19-11-12-19/h5,7-8,10,13,15,17,19,30-31H,6,9,11-12,14H2,1-4H3. The Morgan fingerprint density at radius 2 is 1.95 bits per heavy atom. The molecule has 0 spiro atoms. The van der Waals surface area contributed by atoms with Gasteiger partial charge in [-0.15, -0.1) is 0 Å². The molecule has 11 nitrogen and oxygen atoms in total. The minimum atomic E-state index is -3.81. The van der Waals surface area contributed by atoms with Crippen molar-refractivity contribution < 1.29 is 17.9 Å². The summed E-state index contributed by atoms with van der Waals surface area (Å²) in [6.45, 7) is 5.71. The molecule has 0 unspecified atom stereocenters. The van der Waals surface area contributed by atoms with Crippen molar-refractivity contribution in [2.24, 2.45) is 0 Å². The molecular weight excluding hydrogens is 520 g/mol. The van der Waals surface area contributed by atoms with Gasteiger partial charge in [-0.25, -0.2) is 4.98 Å². The van der Waals surface area contributed by atoms with E-state index in [-0.39, 0.29) is 35.2 Å². The molecule has 1 fully saturated rings. The van der Waals surface area contributed by atoms with Crippen LogP contribution < -0.4 is 15.6 Å². The van der Waals surface area contributed by atoms with Crippen LogP contribution in [0.4, 0.5) is 17.1 Å². The molecule has 12 heteroatoms. The Hall–Kier alpha value is -3.95. The predicted octanol–water partition coefficient (Wildman–Crippen LogP) is 3.88. The van der Waals surface area contributed by atoms with Crippen LogP contribution in [0.15, 0.2) is 47.5 Å². The zero-order chi connectivity index (χ0) is 28.4. The van der Waals surface area contributed by atoms with Gasteiger partial charge in [0.25, 0.3) is 5.56 Å². The summed E-state index contributed by atoms with van der Waals surface area (Å²) in [5.41, 5.74) is 0.856. The van der Waals surface area contributed by atoms with E-state index < -0.39 is 15.8 Å². The number of nitriles is 1. The molecule has 0 aliphatic heterocycles. The minimum absolute atomic E-state index is 0.0260. The van der Waals surface area contributed by atoms with Gasteiger partial charge in [0.1, 0.15) is 11.7 Å². The van der Waals surface area contributed by atoms with E-state index >= 15 is 0 Å². The number of nitrogens with zero attached hydrogens (tertiary/aromatic N) is 4. The Balaban J connectivity index is 1.53. The van der Waals surface area contributed by atoms with Crippen molar-refractivity contribution in [3.05, 3.63) is 58.6 Å². The highest BCUT2D eigenvalue weighted by molar-refractivity contribution is 7.90. The first kappa shape index (κ1) is 28.1. The van der Waals surface area contributed by atoms with Crippen molar-refractivity contribution >= 4 is 44.1 Å². The molecule has 0 radical (unpaired) electrons. The number of aromatic nitrogens is 2. The average molecular weight is 553 g/mol. The molecule has 1 aliphatic carbocycles. The molecule has 206 valence electrons. The van der Waals surface area contributed by atoms with Crippen molar-refractivity contribution in [2.75, 3.05) is 17.1 Å². The lowest BCUT2D eigenvalue weighted by atomic mass is 10.1. The van der Waals surface area contributed by atoms with Gasteiger partial charge in [-0.3, -0.25) is 18.9 Å². The van der Waals surface area contributed by atoms with Gasteiger partial charge in [0.2, 0.25) is 0 Å². The second-order valence-corrected chi connectivity index (χ2v) is 12.2. The summed E-state index contributed by atoms with van der Waals surface area (Å²) in [7, 11) is -2.30. The van der Waals surface area contributed by atoms with Gasteiger partial charge in [0.15, 0.2) is 0 Å². The number of nitrogens with one attached hydrogen (secondary N) is 2. The molecule has 1 aromatic heterocycles. The Labute approximate surface area is 227 Å². The van der Waals surface area contributed by atoms with E-state index in [1.807, 2.05) is 0 Å². The van der Waals surface area contributed by atoms with Crippen LogP contribution >= 0.6 is 0 Å². The highest BCUT2D eigenvalue weighted by Crippen LogP contribution is 2.31. The van der Waals surface area contributed by atoms with Crippen molar-refractivity contribution in [3.63, 3.8) is 0 Å². The van der Waals surface area contributed by atoms with E-state index in [2.05, 4.69) is 21.1 Å². The summed E-state index contributed by atoms with van der Waals surface area (Å²) < 4.78 is 36.0. The Morgan fingerprint density at radius 1 is 1.23 bits per heavy atom. The van der Waals surface area contributed by atoms with Gasteiger partial charge >= 0.3 is 16.2 Å². The molecular formula is C27H32N6O5S. The highest BCUT2D eigenvalue weighted by atomic mass is 32.2. The Kier molecular flexibility index (Phi) is 7.94. The first-order valence-corrected chi connectivity index (χ1v) is 14.1. The number of hydrogen-bond donors (Lipinski definition) is 2. The Bertz CT molecular complexity index is 1600. The Morgan fingerprint density at radius 3 is 2.62 bits per heavy atom. The van der Waals surface area contributed by atoms with Crippen molar-refractivity contribution in [1.29, 1.82) is 5.26 Å². The van der Waals surface area contributed by atoms with Gasteiger partial charge < -0.3 is 10.1 Å². The molecule has 1 saturated carbocycles. The summed E-state index contributed by atoms with van der Waals surface area (Å²) in [6, 6.07) is 11.9. The molecule has 1 aliphatic rings. The fraction of sp³-hybridized carbons (Fsp3) is 0.407. The first-order valence-electron chi connectivity index (χ1n) is 12.6. The maximum absolute atomic E-state index is 13.1. The second-order valence-electron chi connectivity index (χ2n) is 10.5. The van der Waals surface area contributed by atoms with Gasteiger partial charge in [-0.2, -0.15) is 18.0 Å². The fourth-order valence-electron chi connectivity index (χ4n) is 4.05. The smallest absolute Gasteiger partial charge is 0.306 e. The number of anilines is 3. The third-order valence-corrected chi connectivity index (χ3v) is 7.69. The molecule has 2 aromatic carbocycles. The number of carbonyl (C=O) groups is 1. The van der Waals surface area contributed by atoms with E-state index in [1.165, 1.54) is 28.3 Å². The topological polar surface area (TPSA) is 146 Å².